The molecular weight excluding hydrogens is 346 g/mol. The predicted molar refractivity (Wildman–Crippen MR) is 98.7 cm³/mol. The molecule has 7 heteroatoms. The number of nitrogens with one attached hydrogen (secondary N) is 2. The van der Waals surface area contributed by atoms with Crippen molar-refractivity contribution >= 4 is 28.9 Å². The lowest BCUT2D eigenvalue weighted by Crippen LogP contribution is -2.37. The third kappa shape index (κ3) is 4.33. The first kappa shape index (κ1) is 16.9. The molecular formula is C17H20ClN3O2S. The maximum Gasteiger partial charge on any atom is 0.191 e. The molecule has 0 radical (unpaired) electrons. The zero-order valence-corrected chi connectivity index (χ0v) is 15.0. The van der Waals surface area contributed by atoms with Gasteiger partial charge in [0.15, 0.2) is 17.5 Å². The van der Waals surface area contributed by atoms with Crippen LogP contribution >= 0.6 is 22.9 Å². The van der Waals surface area contributed by atoms with Crippen LogP contribution in [-0.4, -0.2) is 32.8 Å². The summed E-state index contributed by atoms with van der Waals surface area (Å²) in [5, 5.41) is 11.4. The van der Waals surface area contributed by atoms with Gasteiger partial charge in [-0.2, -0.15) is 11.3 Å². The van der Waals surface area contributed by atoms with Gasteiger partial charge < -0.3 is 20.1 Å². The Morgan fingerprint density at radius 1 is 1.25 bits per heavy atom. The molecule has 3 rings (SSSR count). The van der Waals surface area contributed by atoms with Crippen LogP contribution < -0.4 is 20.1 Å². The van der Waals surface area contributed by atoms with Crippen LogP contribution in [0.3, 0.4) is 0 Å². The van der Waals surface area contributed by atoms with Crippen LogP contribution in [0.1, 0.15) is 11.1 Å². The maximum atomic E-state index is 6.26. The Balaban J connectivity index is 1.51. The molecule has 0 atom stereocenters. The van der Waals surface area contributed by atoms with E-state index in [4.69, 9.17) is 21.1 Å². The van der Waals surface area contributed by atoms with Crippen molar-refractivity contribution in [2.24, 2.45) is 4.99 Å². The molecule has 0 saturated heterocycles. The average Bonchev–Trinajstić information content (AvgIpc) is 3.11. The molecule has 0 aliphatic carbocycles. The van der Waals surface area contributed by atoms with Gasteiger partial charge in [0.25, 0.3) is 0 Å². The molecule has 1 aromatic carbocycles. The Morgan fingerprint density at radius 3 is 2.92 bits per heavy atom. The minimum atomic E-state index is 0.541. The van der Waals surface area contributed by atoms with Gasteiger partial charge in [-0.1, -0.05) is 11.6 Å². The van der Waals surface area contributed by atoms with E-state index in [9.17, 15) is 0 Å². The van der Waals surface area contributed by atoms with Crippen LogP contribution in [-0.2, 0) is 13.0 Å². The summed E-state index contributed by atoms with van der Waals surface area (Å²) in [5.74, 6) is 2.15. The Morgan fingerprint density at radius 2 is 2.12 bits per heavy atom. The molecule has 0 fully saturated rings. The second kappa shape index (κ2) is 8.26. The van der Waals surface area contributed by atoms with E-state index in [0.29, 0.717) is 24.0 Å². The summed E-state index contributed by atoms with van der Waals surface area (Å²) in [4.78, 5) is 4.23. The van der Waals surface area contributed by atoms with E-state index < -0.39 is 0 Å². The van der Waals surface area contributed by atoms with Gasteiger partial charge in [0.05, 0.1) is 5.02 Å². The van der Waals surface area contributed by atoms with Gasteiger partial charge in [-0.3, -0.25) is 4.99 Å². The summed E-state index contributed by atoms with van der Waals surface area (Å²) in [6.07, 6.45) is 0.815. The van der Waals surface area contributed by atoms with E-state index in [2.05, 4.69) is 32.5 Å². The molecule has 1 aliphatic heterocycles. The quantitative estimate of drug-likeness (QED) is 0.631. The van der Waals surface area contributed by atoms with E-state index in [1.165, 1.54) is 5.56 Å². The van der Waals surface area contributed by atoms with Crippen molar-refractivity contribution in [3.8, 4) is 11.5 Å². The molecule has 0 amide bonds. The molecule has 128 valence electrons. The highest BCUT2D eigenvalue weighted by molar-refractivity contribution is 7.07. The third-order valence-corrected chi connectivity index (χ3v) is 4.64. The Bertz CT molecular complexity index is 704. The number of guanidine groups is 1. The van der Waals surface area contributed by atoms with E-state index >= 15 is 0 Å². The molecule has 0 bridgehead atoms. The largest absolute Gasteiger partial charge is 0.486 e. The summed E-state index contributed by atoms with van der Waals surface area (Å²) in [6, 6.07) is 6.02. The highest BCUT2D eigenvalue weighted by Gasteiger charge is 2.16. The molecule has 1 aromatic heterocycles. The van der Waals surface area contributed by atoms with Crippen LogP contribution in [0.15, 0.2) is 34.0 Å². The van der Waals surface area contributed by atoms with Crippen molar-refractivity contribution in [2.75, 3.05) is 26.8 Å². The second-order valence-electron chi connectivity index (χ2n) is 5.34. The highest BCUT2D eigenvalue weighted by atomic mass is 35.5. The monoisotopic (exact) mass is 365 g/mol. The maximum absolute atomic E-state index is 6.26. The van der Waals surface area contributed by atoms with Crippen LogP contribution in [0.25, 0.3) is 0 Å². The number of thiophene rings is 1. The summed E-state index contributed by atoms with van der Waals surface area (Å²) >= 11 is 7.95. The van der Waals surface area contributed by atoms with Crippen LogP contribution in [0.4, 0.5) is 0 Å². The average molecular weight is 366 g/mol. The van der Waals surface area contributed by atoms with Gasteiger partial charge in [-0.05, 0) is 46.5 Å². The number of hydrogen-bond donors (Lipinski definition) is 2. The first-order valence-electron chi connectivity index (χ1n) is 7.80. The minimum absolute atomic E-state index is 0.541. The van der Waals surface area contributed by atoms with Gasteiger partial charge >= 0.3 is 0 Å². The van der Waals surface area contributed by atoms with Gasteiger partial charge in [-0.15, -0.1) is 0 Å². The van der Waals surface area contributed by atoms with Gasteiger partial charge in [0, 0.05) is 20.1 Å². The van der Waals surface area contributed by atoms with Gasteiger partial charge in [0.2, 0.25) is 0 Å². The van der Waals surface area contributed by atoms with Crippen molar-refractivity contribution in [1.82, 2.24) is 10.6 Å². The molecule has 1 aliphatic rings. The topological polar surface area (TPSA) is 54.9 Å². The number of ether oxygens (including phenoxy) is 2. The van der Waals surface area contributed by atoms with Crippen LogP contribution in [0.2, 0.25) is 5.02 Å². The van der Waals surface area contributed by atoms with Crippen molar-refractivity contribution in [3.63, 3.8) is 0 Å². The van der Waals surface area contributed by atoms with Crippen LogP contribution in [0.5, 0.6) is 11.5 Å². The molecule has 2 N–H and O–H groups in total. The van der Waals surface area contributed by atoms with Crippen molar-refractivity contribution < 1.29 is 9.47 Å². The summed E-state index contributed by atoms with van der Waals surface area (Å²) in [7, 11) is 1.77. The second-order valence-corrected chi connectivity index (χ2v) is 6.52. The number of aliphatic imine (C=N–C) groups is 1. The fourth-order valence-electron chi connectivity index (χ4n) is 2.43. The van der Waals surface area contributed by atoms with Crippen molar-refractivity contribution in [2.45, 2.75) is 13.0 Å². The van der Waals surface area contributed by atoms with E-state index in [0.717, 1.165) is 36.8 Å². The number of benzene rings is 1. The lowest BCUT2D eigenvalue weighted by atomic mass is 10.1. The molecule has 2 aromatic rings. The summed E-state index contributed by atoms with van der Waals surface area (Å²) < 4.78 is 11.1. The first-order chi connectivity index (χ1) is 11.8. The van der Waals surface area contributed by atoms with Crippen molar-refractivity contribution in [1.29, 1.82) is 0 Å². The Kier molecular flexibility index (Phi) is 5.82. The van der Waals surface area contributed by atoms with E-state index in [1.807, 2.05) is 12.1 Å². The number of fused-ring (bicyclic) bond motifs is 1. The first-order valence-corrected chi connectivity index (χ1v) is 9.12. The molecule has 0 unspecified atom stereocenters. The molecule has 2 heterocycles. The number of rotatable bonds is 5. The third-order valence-electron chi connectivity index (χ3n) is 3.63. The normalized spacial score (nSPS) is 13.7. The predicted octanol–water partition coefficient (Wildman–Crippen LogP) is 3.08. The van der Waals surface area contributed by atoms with E-state index in [1.54, 1.807) is 18.4 Å². The molecule has 0 spiro atoms. The molecule has 5 nitrogen and oxygen atoms in total. The minimum Gasteiger partial charge on any atom is -0.486 e. The summed E-state index contributed by atoms with van der Waals surface area (Å²) in [5.41, 5.74) is 2.35. The SMILES string of the molecule is CN=C(NCCc1cc(Cl)c2c(c1)OCCO2)NCc1ccsc1. The van der Waals surface area contributed by atoms with E-state index in [-0.39, 0.29) is 0 Å². The zero-order valence-electron chi connectivity index (χ0n) is 13.5. The van der Waals surface area contributed by atoms with Crippen LogP contribution in [0, 0.1) is 0 Å². The Labute approximate surface area is 150 Å². The Hall–Kier alpha value is -1.92. The smallest absolute Gasteiger partial charge is 0.191 e. The van der Waals surface area contributed by atoms with Crippen molar-refractivity contribution in [3.05, 3.63) is 45.1 Å². The molecule has 0 saturated carbocycles. The van der Waals surface area contributed by atoms with Gasteiger partial charge in [-0.25, -0.2) is 0 Å². The number of halogens is 1. The number of hydrogen-bond acceptors (Lipinski definition) is 4. The summed E-state index contributed by atoms with van der Waals surface area (Å²) in [6.45, 7) is 2.61. The highest BCUT2D eigenvalue weighted by Crippen LogP contribution is 2.38. The zero-order chi connectivity index (χ0) is 16.8. The lowest BCUT2D eigenvalue weighted by Gasteiger charge is -2.20. The fraction of sp³-hybridized carbons (Fsp3) is 0.353. The lowest BCUT2D eigenvalue weighted by molar-refractivity contribution is 0.171. The number of nitrogens with zero attached hydrogens (tertiary/aromatic N) is 1. The molecule has 24 heavy (non-hydrogen) atoms. The standard InChI is InChI=1S/C17H20ClN3O2S/c1-19-17(21-10-13-3-7-24-11-13)20-4-2-12-8-14(18)16-15(9-12)22-5-6-23-16/h3,7-9,11H,2,4-6,10H2,1H3,(H2,19,20,21). The van der Waals surface area contributed by atoms with Gasteiger partial charge in [0.1, 0.15) is 13.2 Å². The fourth-order valence-corrected chi connectivity index (χ4v) is 3.39.